The van der Waals surface area contributed by atoms with Gasteiger partial charge in [0.15, 0.2) is 0 Å². The Morgan fingerprint density at radius 2 is 2.21 bits per heavy atom. The van der Waals surface area contributed by atoms with Crippen LogP contribution in [0, 0.1) is 0 Å². The summed E-state index contributed by atoms with van der Waals surface area (Å²) in [5.41, 5.74) is 7.48. The van der Waals surface area contributed by atoms with Crippen LogP contribution in [-0.2, 0) is 11.3 Å². The maximum atomic E-state index is 12.1. The van der Waals surface area contributed by atoms with Crippen molar-refractivity contribution in [3.63, 3.8) is 0 Å². The second kappa shape index (κ2) is 6.68. The first kappa shape index (κ1) is 14.0. The van der Waals surface area contributed by atoms with Crippen LogP contribution in [0.15, 0.2) is 24.3 Å². The Kier molecular flexibility index (Phi) is 4.93. The number of likely N-dealkylation sites (tertiary alicyclic amines) is 1. The number of nitrogens with zero attached hydrogens (tertiary/aromatic N) is 1. The Hall–Kier alpha value is -1.39. The van der Waals surface area contributed by atoms with Crippen LogP contribution < -0.4 is 11.1 Å². The van der Waals surface area contributed by atoms with Gasteiger partial charge < -0.3 is 11.1 Å². The number of nitrogens with two attached hydrogens (primary N) is 1. The van der Waals surface area contributed by atoms with E-state index < -0.39 is 0 Å². The number of piperidine rings is 1. The van der Waals surface area contributed by atoms with Crippen molar-refractivity contribution in [2.75, 3.05) is 18.4 Å². The highest BCUT2D eigenvalue weighted by molar-refractivity contribution is 5.93. The number of benzene rings is 1. The Morgan fingerprint density at radius 1 is 1.42 bits per heavy atom. The zero-order chi connectivity index (χ0) is 13.7. The van der Waals surface area contributed by atoms with Crippen LogP contribution in [-0.4, -0.2) is 29.9 Å². The van der Waals surface area contributed by atoms with Gasteiger partial charge in [-0.1, -0.05) is 24.6 Å². The highest BCUT2D eigenvalue weighted by atomic mass is 16.2. The normalized spacial score (nSPS) is 20.2. The van der Waals surface area contributed by atoms with Gasteiger partial charge in [0.2, 0.25) is 5.91 Å². The quantitative estimate of drug-likeness (QED) is 0.871. The van der Waals surface area contributed by atoms with E-state index >= 15 is 0 Å². The molecule has 0 saturated carbocycles. The standard InChI is InChI=1S/C15H23N3O/c1-12-6-4-5-9-18(12)11-15(19)17-14-8-3-2-7-13(14)10-16/h2-3,7-8,12H,4-6,9-11,16H2,1H3,(H,17,19). The number of carbonyl (C=O) groups excluding carboxylic acids is 1. The predicted octanol–water partition coefficient (Wildman–Crippen LogP) is 1.96. The summed E-state index contributed by atoms with van der Waals surface area (Å²) in [5.74, 6) is 0.0506. The second-order valence-corrected chi connectivity index (χ2v) is 5.22. The Balaban J connectivity index is 1.93. The molecule has 1 atom stereocenters. The third-order valence-electron chi connectivity index (χ3n) is 3.80. The predicted molar refractivity (Wildman–Crippen MR) is 77.8 cm³/mol. The largest absolute Gasteiger partial charge is 0.326 e. The topological polar surface area (TPSA) is 58.4 Å². The van der Waals surface area contributed by atoms with Gasteiger partial charge in [0.1, 0.15) is 0 Å². The molecule has 0 bridgehead atoms. The summed E-state index contributed by atoms with van der Waals surface area (Å²) in [6, 6.07) is 8.20. The van der Waals surface area contributed by atoms with Crippen LogP contribution >= 0.6 is 0 Å². The molecule has 1 aromatic rings. The molecule has 1 amide bonds. The van der Waals surface area contributed by atoms with E-state index in [2.05, 4.69) is 17.1 Å². The molecule has 1 heterocycles. The van der Waals surface area contributed by atoms with Crippen molar-refractivity contribution >= 4 is 11.6 Å². The van der Waals surface area contributed by atoms with Crippen LogP contribution in [0.4, 0.5) is 5.69 Å². The SMILES string of the molecule is CC1CCCCN1CC(=O)Nc1ccccc1CN. The molecule has 19 heavy (non-hydrogen) atoms. The molecule has 1 aliphatic heterocycles. The summed E-state index contributed by atoms with van der Waals surface area (Å²) < 4.78 is 0. The number of para-hydroxylation sites is 1. The van der Waals surface area contributed by atoms with E-state index in [0.717, 1.165) is 17.8 Å². The van der Waals surface area contributed by atoms with Crippen molar-refractivity contribution in [1.82, 2.24) is 4.90 Å². The molecular weight excluding hydrogens is 238 g/mol. The molecule has 0 spiro atoms. The van der Waals surface area contributed by atoms with Gasteiger partial charge in [-0.15, -0.1) is 0 Å². The van der Waals surface area contributed by atoms with E-state index in [4.69, 9.17) is 5.73 Å². The molecule has 1 aliphatic rings. The summed E-state index contributed by atoms with van der Waals surface area (Å²) in [6.07, 6.45) is 3.65. The fraction of sp³-hybridized carbons (Fsp3) is 0.533. The van der Waals surface area contributed by atoms with E-state index in [1.165, 1.54) is 19.3 Å². The van der Waals surface area contributed by atoms with E-state index in [-0.39, 0.29) is 5.91 Å². The van der Waals surface area contributed by atoms with Crippen molar-refractivity contribution in [2.24, 2.45) is 5.73 Å². The average Bonchev–Trinajstić information content (AvgIpc) is 2.42. The van der Waals surface area contributed by atoms with Crippen LogP contribution in [0.2, 0.25) is 0 Å². The van der Waals surface area contributed by atoms with Gasteiger partial charge >= 0.3 is 0 Å². The van der Waals surface area contributed by atoms with Crippen molar-refractivity contribution in [2.45, 2.75) is 38.8 Å². The number of hydrogen-bond acceptors (Lipinski definition) is 3. The van der Waals surface area contributed by atoms with Crippen molar-refractivity contribution in [1.29, 1.82) is 0 Å². The smallest absolute Gasteiger partial charge is 0.238 e. The number of rotatable bonds is 4. The van der Waals surface area contributed by atoms with Crippen LogP contribution in [0.5, 0.6) is 0 Å². The van der Waals surface area contributed by atoms with E-state index in [1.54, 1.807) is 0 Å². The molecule has 0 radical (unpaired) electrons. The first-order chi connectivity index (χ1) is 9.20. The average molecular weight is 261 g/mol. The Morgan fingerprint density at radius 3 is 2.95 bits per heavy atom. The summed E-state index contributed by atoms with van der Waals surface area (Å²) in [4.78, 5) is 14.4. The second-order valence-electron chi connectivity index (χ2n) is 5.22. The van der Waals surface area contributed by atoms with Gasteiger partial charge in [-0.05, 0) is 37.9 Å². The molecule has 0 aliphatic carbocycles. The minimum atomic E-state index is 0.0506. The molecule has 104 valence electrons. The maximum absolute atomic E-state index is 12.1. The molecule has 1 fully saturated rings. The highest BCUT2D eigenvalue weighted by Crippen LogP contribution is 2.17. The van der Waals surface area contributed by atoms with Gasteiger partial charge in [-0.3, -0.25) is 9.69 Å². The van der Waals surface area contributed by atoms with Crippen molar-refractivity contribution in [3.05, 3.63) is 29.8 Å². The first-order valence-electron chi connectivity index (χ1n) is 7.02. The minimum absolute atomic E-state index is 0.0506. The lowest BCUT2D eigenvalue weighted by Crippen LogP contribution is -2.42. The van der Waals surface area contributed by atoms with Crippen LogP contribution in [0.25, 0.3) is 0 Å². The van der Waals surface area contributed by atoms with Gasteiger partial charge in [0.25, 0.3) is 0 Å². The minimum Gasteiger partial charge on any atom is -0.326 e. The van der Waals surface area contributed by atoms with Gasteiger partial charge in [-0.25, -0.2) is 0 Å². The number of carbonyl (C=O) groups is 1. The monoisotopic (exact) mass is 261 g/mol. The lowest BCUT2D eigenvalue weighted by Gasteiger charge is -2.32. The molecule has 4 nitrogen and oxygen atoms in total. The molecule has 1 aromatic carbocycles. The summed E-state index contributed by atoms with van der Waals surface area (Å²) in [6.45, 7) is 4.13. The Bertz CT molecular complexity index is 433. The van der Waals surface area contributed by atoms with Gasteiger partial charge in [0, 0.05) is 18.3 Å². The zero-order valence-electron chi connectivity index (χ0n) is 11.6. The maximum Gasteiger partial charge on any atom is 0.238 e. The third kappa shape index (κ3) is 3.78. The van der Waals surface area contributed by atoms with Gasteiger partial charge in [0.05, 0.1) is 6.54 Å². The van der Waals surface area contributed by atoms with E-state index in [9.17, 15) is 4.79 Å². The van der Waals surface area contributed by atoms with Crippen molar-refractivity contribution in [3.8, 4) is 0 Å². The molecule has 1 saturated heterocycles. The lowest BCUT2D eigenvalue weighted by molar-refractivity contribution is -0.118. The number of hydrogen-bond donors (Lipinski definition) is 2. The lowest BCUT2D eigenvalue weighted by atomic mass is 10.0. The number of anilines is 1. The molecule has 4 heteroatoms. The fourth-order valence-electron chi connectivity index (χ4n) is 2.59. The summed E-state index contributed by atoms with van der Waals surface area (Å²) >= 11 is 0. The summed E-state index contributed by atoms with van der Waals surface area (Å²) in [5, 5.41) is 2.97. The van der Waals surface area contributed by atoms with Crippen molar-refractivity contribution < 1.29 is 4.79 Å². The third-order valence-corrected chi connectivity index (χ3v) is 3.80. The number of amides is 1. The van der Waals surface area contributed by atoms with Crippen LogP contribution in [0.3, 0.4) is 0 Å². The number of nitrogens with one attached hydrogen (secondary N) is 1. The summed E-state index contributed by atoms with van der Waals surface area (Å²) in [7, 11) is 0. The molecular formula is C15H23N3O. The molecule has 1 unspecified atom stereocenters. The molecule has 3 N–H and O–H groups in total. The molecule has 2 rings (SSSR count). The Labute approximate surface area is 115 Å². The molecule has 0 aromatic heterocycles. The zero-order valence-corrected chi connectivity index (χ0v) is 11.6. The van der Waals surface area contributed by atoms with E-state index in [0.29, 0.717) is 19.1 Å². The first-order valence-corrected chi connectivity index (χ1v) is 7.02. The fourth-order valence-corrected chi connectivity index (χ4v) is 2.59. The van der Waals surface area contributed by atoms with Crippen LogP contribution in [0.1, 0.15) is 31.7 Å². The van der Waals surface area contributed by atoms with Gasteiger partial charge in [-0.2, -0.15) is 0 Å². The highest BCUT2D eigenvalue weighted by Gasteiger charge is 2.20. The van der Waals surface area contributed by atoms with E-state index in [1.807, 2.05) is 24.3 Å².